The number of rotatable bonds is 4. The molecule has 2 aliphatic carbocycles. The van der Waals surface area contributed by atoms with Gasteiger partial charge in [0.1, 0.15) is 10.3 Å². The second-order valence-electron chi connectivity index (χ2n) is 6.92. The van der Waals surface area contributed by atoms with Gasteiger partial charge < -0.3 is 10.5 Å². The molecule has 6 nitrogen and oxygen atoms in total. The molecular formula is C16H25N3O3S. The van der Waals surface area contributed by atoms with Crippen LogP contribution in [-0.2, 0) is 14.8 Å². The molecule has 23 heavy (non-hydrogen) atoms. The van der Waals surface area contributed by atoms with Crippen LogP contribution in [0.4, 0.5) is 0 Å². The SMILES string of the molecule is CC1(C)OC(=N[C@@H](CCN)C2=CCCC=C2)NS(=O)(=O)C12CC2. The van der Waals surface area contributed by atoms with Crippen molar-refractivity contribution >= 4 is 16.0 Å². The third kappa shape index (κ3) is 2.80. The first-order valence-corrected chi connectivity index (χ1v) is 9.65. The summed E-state index contributed by atoms with van der Waals surface area (Å²) in [6, 6.07) is -0.0934. The van der Waals surface area contributed by atoms with Gasteiger partial charge in [0.05, 0.1) is 6.04 Å². The molecule has 128 valence electrons. The molecule has 0 aromatic heterocycles. The van der Waals surface area contributed by atoms with Crippen LogP contribution in [0.3, 0.4) is 0 Å². The summed E-state index contributed by atoms with van der Waals surface area (Å²) in [6.07, 6.45) is 10.2. The van der Waals surface area contributed by atoms with Crippen molar-refractivity contribution in [3.8, 4) is 0 Å². The number of nitrogens with two attached hydrogens (primary N) is 1. The topological polar surface area (TPSA) is 93.8 Å². The van der Waals surface area contributed by atoms with Gasteiger partial charge in [-0.1, -0.05) is 18.2 Å². The van der Waals surface area contributed by atoms with E-state index < -0.39 is 20.4 Å². The standard InChI is InChI=1S/C16H25N3O3S/c1-15(2)16(9-10-16)23(20,21)19-14(22-15)18-13(8-11-17)12-6-4-3-5-7-12/h4,6-7,13H,3,5,8-11,17H2,1-2H3,(H,18,19)/t13-/m0/s1. The first kappa shape index (κ1) is 16.5. The Labute approximate surface area is 137 Å². The molecule has 0 bridgehead atoms. The Morgan fingerprint density at radius 3 is 2.65 bits per heavy atom. The average molecular weight is 339 g/mol. The van der Waals surface area contributed by atoms with Crippen molar-refractivity contribution in [3.05, 3.63) is 23.8 Å². The van der Waals surface area contributed by atoms with Gasteiger partial charge in [-0.3, -0.25) is 0 Å². The predicted molar refractivity (Wildman–Crippen MR) is 90.5 cm³/mol. The van der Waals surface area contributed by atoms with Gasteiger partial charge in [-0.2, -0.15) is 0 Å². The quantitative estimate of drug-likeness (QED) is 0.813. The fourth-order valence-electron chi connectivity index (χ4n) is 3.41. The number of nitrogens with one attached hydrogen (secondary N) is 1. The molecule has 0 radical (unpaired) electrons. The van der Waals surface area contributed by atoms with Gasteiger partial charge in [0.2, 0.25) is 10.0 Å². The summed E-state index contributed by atoms with van der Waals surface area (Å²) in [7, 11) is -3.47. The second kappa shape index (κ2) is 5.63. The summed E-state index contributed by atoms with van der Waals surface area (Å²) in [4.78, 5) is 4.54. The van der Waals surface area contributed by atoms with Crippen molar-refractivity contribution in [1.82, 2.24) is 4.72 Å². The molecule has 3 rings (SSSR count). The lowest BCUT2D eigenvalue weighted by atomic mass is 9.98. The van der Waals surface area contributed by atoms with Gasteiger partial charge in [0, 0.05) is 0 Å². The third-order valence-corrected chi connectivity index (χ3v) is 7.38. The maximum Gasteiger partial charge on any atom is 0.299 e. The molecule has 1 saturated carbocycles. The maximum atomic E-state index is 12.6. The number of amidine groups is 1. The molecule has 0 amide bonds. The molecule has 7 heteroatoms. The van der Waals surface area contributed by atoms with Crippen LogP contribution in [0.15, 0.2) is 28.8 Å². The van der Waals surface area contributed by atoms with E-state index in [0.29, 0.717) is 25.8 Å². The van der Waals surface area contributed by atoms with E-state index in [1.54, 1.807) is 0 Å². The fraction of sp³-hybridized carbons (Fsp3) is 0.688. The van der Waals surface area contributed by atoms with Crippen molar-refractivity contribution in [1.29, 1.82) is 0 Å². The van der Waals surface area contributed by atoms with E-state index in [1.165, 1.54) is 0 Å². The summed E-state index contributed by atoms with van der Waals surface area (Å²) in [5.41, 5.74) is 5.99. The lowest BCUT2D eigenvalue weighted by molar-refractivity contribution is 0.0682. The van der Waals surface area contributed by atoms with Gasteiger partial charge in [-0.25, -0.2) is 18.1 Å². The van der Waals surface area contributed by atoms with E-state index in [0.717, 1.165) is 18.4 Å². The van der Waals surface area contributed by atoms with Crippen LogP contribution >= 0.6 is 0 Å². The van der Waals surface area contributed by atoms with Gasteiger partial charge in [0.15, 0.2) is 0 Å². The van der Waals surface area contributed by atoms with Crippen molar-refractivity contribution in [2.75, 3.05) is 6.54 Å². The Kier molecular flexibility index (Phi) is 4.04. The zero-order valence-corrected chi connectivity index (χ0v) is 14.5. The van der Waals surface area contributed by atoms with Crippen LogP contribution in [0.5, 0.6) is 0 Å². The summed E-state index contributed by atoms with van der Waals surface area (Å²) < 4.78 is 32.8. The minimum absolute atomic E-state index is 0.0887. The number of sulfonamides is 1. The molecule has 1 aliphatic heterocycles. The van der Waals surface area contributed by atoms with Crippen LogP contribution in [-0.4, -0.2) is 37.4 Å². The largest absolute Gasteiger partial charge is 0.457 e. The fourth-order valence-corrected chi connectivity index (χ4v) is 5.26. The third-order valence-electron chi connectivity index (χ3n) is 5.01. The first-order chi connectivity index (χ1) is 10.8. The number of hydrogen-bond acceptors (Lipinski definition) is 5. The first-order valence-electron chi connectivity index (χ1n) is 8.17. The molecule has 0 unspecified atom stereocenters. The Hall–Kier alpha value is -1.34. The minimum Gasteiger partial charge on any atom is -0.457 e. The molecule has 1 spiro atoms. The number of allylic oxidation sites excluding steroid dienone is 2. The number of nitrogens with zero attached hydrogens (tertiary/aromatic N) is 1. The Morgan fingerprint density at radius 2 is 2.13 bits per heavy atom. The number of hydrogen-bond donors (Lipinski definition) is 2. The van der Waals surface area contributed by atoms with Crippen molar-refractivity contribution in [2.24, 2.45) is 10.7 Å². The minimum atomic E-state index is -3.47. The van der Waals surface area contributed by atoms with E-state index in [2.05, 4.69) is 21.9 Å². The summed E-state index contributed by atoms with van der Waals surface area (Å²) in [6.45, 7) is 4.13. The van der Waals surface area contributed by atoms with E-state index >= 15 is 0 Å². The van der Waals surface area contributed by atoms with Gasteiger partial charge in [-0.15, -0.1) is 0 Å². The highest BCUT2D eigenvalue weighted by molar-refractivity contribution is 7.91. The lowest BCUT2D eigenvalue weighted by Crippen LogP contribution is -2.60. The number of aliphatic imine (C=N–C) groups is 1. The molecule has 3 aliphatic rings. The Bertz CT molecular complexity index is 673. The zero-order valence-electron chi connectivity index (χ0n) is 13.7. The van der Waals surface area contributed by atoms with E-state index in [4.69, 9.17) is 10.5 Å². The van der Waals surface area contributed by atoms with Crippen molar-refractivity contribution in [2.45, 2.75) is 62.3 Å². The lowest BCUT2D eigenvalue weighted by Gasteiger charge is -2.40. The van der Waals surface area contributed by atoms with Gasteiger partial charge in [-0.05, 0) is 58.1 Å². The monoisotopic (exact) mass is 339 g/mol. The maximum absolute atomic E-state index is 12.6. The second-order valence-corrected chi connectivity index (χ2v) is 8.92. The molecule has 1 heterocycles. The average Bonchev–Trinajstić information content (AvgIpc) is 3.28. The molecule has 0 aromatic carbocycles. The molecular weight excluding hydrogens is 314 g/mol. The van der Waals surface area contributed by atoms with E-state index in [-0.39, 0.29) is 12.1 Å². The molecule has 3 N–H and O–H groups in total. The van der Waals surface area contributed by atoms with Crippen LogP contribution in [0.25, 0.3) is 0 Å². The highest BCUT2D eigenvalue weighted by Crippen LogP contribution is 2.54. The van der Waals surface area contributed by atoms with Gasteiger partial charge >= 0.3 is 0 Å². The predicted octanol–water partition coefficient (Wildman–Crippen LogP) is 1.60. The van der Waals surface area contributed by atoms with Crippen LogP contribution in [0.2, 0.25) is 0 Å². The van der Waals surface area contributed by atoms with Crippen LogP contribution in [0, 0.1) is 0 Å². The van der Waals surface area contributed by atoms with Crippen molar-refractivity contribution in [3.63, 3.8) is 0 Å². The Balaban J connectivity index is 1.88. The highest BCUT2D eigenvalue weighted by atomic mass is 32.2. The van der Waals surface area contributed by atoms with Crippen molar-refractivity contribution < 1.29 is 13.2 Å². The zero-order chi connectivity index (χ0) is 16.7. The van der Waals surface area contributed by atoms with E-state index in [1.807, 2.05) is 19.9 Å². The molecule has 1 saturated heterocycles. The summed E-state index contributed by atoms with van der Waals surface area (Å²) in [5.74, 6) is 0. The Morgan fingerprint density at radius 1 is 1.39 bits per heavy atom. The summed E-state index contributed by atoms with van der Waals surface area (Å²) in [5, 5.41) is 0. The van der Waals surface area contributed by atoms with Crippen LogP contribution in [0.1, 0.15) is 46.0 Å². The normalized spacial score (nSPS) is 29.5. The molecule has 0 aromatic rings. The van der Waals surface area contributed by atoms with Crippen LogP contribution < -0.4 is 10.5 Å². The van der Waals surface area contributed by atoms with Gasteiger partial charge in [0.25, 0.3) is 6.02 Å². The number of ether oxygens (including phenoxy) is 1. The molecule has 1 atom stereocenters. The smallest absolute Gasteiger partial charge is 0.299 e. The molecule has 2 fully saturated rings. The highest BCUT2D eigenvalue weighted by Gasteiger charge is 2.68. The summed E-state index contributed by atoms with van der Waals surface area (Å²) >= 11 is 0. The van der Waals surface area contributed by atoms with E-state index in [9.17, 15) is 8.42 Å².